The van der Waals surface area contributed by atoms with E-state index >= 15 is 0 Å². The fraction of sp³-hybridized carbons (Fsp3) is 0.423. The highest BCUT2D eigenvalue weighted by Crippen LogP contribution is 2.44. The molecule has 0 radical (unpaired) electrons. The SMILES string of the molecule is O=C(O)CCC(NC(=O)OCC1c2ccccc2-c2ccccc21)C(=O)NC1CCCCC1O. The Labute approximate surface area is 198 Å². The molecule has 1 saturated carbocycles. The minimum atomic E-state index is -1.07. The van der Waals surface area contributed by atoms with Crippen LogP contribution in [0.4, 0.5) is 4.79 Å². The number of rotatable bonds is 8. The summed E-state index contributed by atoms with van der Waals surface area (Å²) in [4.78, 5) is 36.5. The zero-order valence-electron chi connectivity index (χ0n) is 18.9. The number of aliphatic hydroxyl groups is 1. The number of fused-ring (bicyclic) bond motifs is 3. The molecular weight excluding hydrogens is 436 g/mol. The number of carboxylic acid groups (broad SMARTS) is 1. The van der Waals surface area contributed by atoms with Gasteiger partial charge in [-0.3, -0.25) is 9.59 Å². The molecule has 2 amide bonds. The number of alkyl carbamates (subject to hydrolysis) is 1. The Morgan fingerprint density at radius 1 is 0.971 bits per heavy atom. The highest BCUT2D eigenvalue weighted by atomic mass is 16.5. The van der Waals surface area contributed by atoms with Crippen LogP contribution >= 0.6 is 0 Å². The third-order valence-corrected chi connectivity index (χ3v) is 6.66. The Bertz CT molecular complexity index is 1010. The van der Waals surface area contributed by atoms with Crippen molar-refractivity contribution in [3.63, 3.8) is 0 Å². The average Bonchev–Trinajstić information content (AvgIpc) is 3.15. The van der Waals surface area contributed by atoms with Crippen LogP contribution in [0.5, 0.6) is 0 Å². The van der Waals surface area contributed by atoms with Gasteiger partial charge in [-0.1, -0.05) is 61.4 Å². The number of hydrogen-bond donors (Lipinski definition) is 4. The van der Waals surface area contributed by atoms with Crippen molar-refractivity contribution >= 4 is 18.0 Å². The van der Waals surface area contributed by atoms with Crippen molar-refractivity contribution in [3.8, 4) is 11.1 Å². The van der Waals surface area contributed by atoms with E-state index in [4.69, 9.17) is 9.84 Å². The molecule has 2 aliphatic carbocycles. The van der Waals surface area contributed by atoms with Crippen LogP contribution in [0.1, 0.15) is 55.6 Å². The second-order valence-corrected chi connectivity index (χ2v) is 8.92. The largest absolute Gasteiger partial charge is 0.481 e. The van der Waals surface area contributed by atoms with Crippen LogP contribution in [-0.2, 0) is 14.3 Å². The smallest absolute Gasteiger partial charge is 0.407 e. The molecule has 2 aromatic rings. The first-order valence-electron chi connectivity index (χ1n) is 11.8. The maximum absolute atomic E-state index is 12.8. The summed E-state index contributed by atoms with van der Waals surface area (Å²) in [5.74, 6) is -1.70. The molecular formula is C26H30N2O6. The van der Waals surface area contributed by atoms with Gasteiger partial charge in [0.15, 0.2) is 0 Å². The van der Waals surface area contributed by atoms with Gasteiger partial charge < -0.3 is 25.6 Å². The average molecular weight is 467 g/mol. The fourth-order valence-electron chi connectivity index (χ4n) is 4.88. The van der Waals surface area contributed by atoms with Crippen molar-refractivity contribution in [2.24, 2.45) is 0 Å². The zero-order valence-corrected chi connectivity index (χ0v) is 18.9. The van der Waals surface area contributed by atoms with Crippen LogP contribution in [0.25, 0.3) is 11.1 Å². The van der Waals surface area contributed by atoms with Gasteiger partial charge in [0.1, 0.15) is 12.6 Å². The number of benzene rings is 2. The lowest BCUT2D eigenvalue weighted by molar-refractivity contribution is -0.137. The Morgan fingerprint density at radius 3 is 2.21 bits per heavy atom. The van der Waals surface area contributed by atoms with Gasteiger partial charge in [-0.05, 0) is 41.5 Å². The Kier molecular flexibility index (Phi) is 7.47. The van der Waals surface area contributed by atoms with Gasteiger partial charge in [-0.15, -0.1) is 0 Å². The second-order valence-electron chi connectivity index (χ2n) is 8.92. The molecule has 0 aliphatic heterocycles. The summed E-state index contributed by atoms with van der Waals surface area (Å²) in [6.45, 7) is 0.0917. The summed E-state index contributed by atoms with van der Waals surface area (Å²) < 4.78 is 5.51. The second kappa shape index (κ2) is 10.7. The van der Waals surface area contributed by atoms with Crippen molar-refractivity contribution in [3.05, 3.63) is 59.7 Å². The van der Waals surface area contributed by atoms with Crippen molar-refractivity contribution in [1.82, 2.24) is 10.6 Å². The fourth-order valence-corrected chi connectivity index (χ4v) is 4.88. The molecule has 0 saturated heterocycles. The maximum atomic E-state index is 12.8. The van der Waals surface area contributed by atoms with Crippen molar-refractivity contribution < 1.29 is 29.3 Å². The molecule has 3 atom stereocenters. The van der Waals surface area contributed by atoms with Gasteiger partial charge in [0, 0.05) is 12.3 Å². The lowest BCUT2D eigenvalue weighted by Crippen LogP contribution is -2.53. The predicted octanol–water partition coefficient (Wildman–Crippen LogP) is 3.18. The van der Waals surface area contributed by atoms with Crippen LogP contribution in [-0.4, -0.2) is 53.0 Å². The molecule has 180 valence electrons. The van der Waals surface area contributed by atoms with E-state index in [-0.39, 0.29) is 25.4 Å². The normalized spacial score (nSPS) is 20.0. The summed E-state index contributed by atoms with van der Waals surface area (Å²) in [5.41, 5.74) is 4.36. The molecule has 8 nitrogen and oxygen atoms in total. The number of carboxylic acids is 1. The molecule has 2 aromatic carbocycles. The minimum absolute atomic E-state index is 0.0752. The van der Waals surface area contributed by atoms with Crippen LogP contribution in [0.2, 0.25) is 0 Å². The molecule has 0 heterocycles. The topological polar surface area (TPSA) is 125 Å². The van der Waals surface area contributed by atoms with Crippen molar-refractivity contribution in [2.75, 3.05) is 6.61 Å². The summed E-state index contributed by atoms with van der Waals surface area (Å²) in [5, 5.41) is 24.5. The number of aliphatic hydroxyl groups excluding tert-OH is 1. The quantitative estimate of drug-likeness (QED) is 0.474. The first-order chi connectivity index (χ1) is 16.4. The summed E-state index contributed by atoms with van der Waals surface area (Å²) >= 11 is 0. The molecule has 8 heteroatoms. The monoisotopic (exact) mass is 466 g/mol. The van der Waals surface area contributed by atoms with Gasteiger partial charge in [-0.25, -0.2) is 4.79 Å². The van der Waals surface area contributed by atoms with E-state index in [0.29, 0.717) is 12.8 Å². The first kappa shape index (κ1) is 23.8. The van der Waals surface area contributed by atoms with Crippen LogP contribution < -0.4 is 10.6 Å². The molecule has 2 aliphatic rings. The van der Waals surface area contributed by atoms with Crippen molar-refractivity contribution in [1.29, 1.82) is 0 Å². The Morgan fingerprint density at radius 2 is 1.59 bits per heavy atom. The lowest BCUT2D eigenvalue weighted by atomic mass is 9.92. The molecule has 4 N–H and O–H groups in total. The zero-order chi connectivity index (χ0) is 24.1. The predicted molar refractivity (Wildman–Crippen MR) is 125 cm³/mol. The number of amides is 2. The number of hydrogen-bond acceptors (Lipinski definition) is 5. The van der Waals surface area contributed by atoms with E-state index in [0.717, 1.165) is 35.1 Å². The molecule has 1 fully saturated rings. The van der Waals surface area contributed by atoms with Gasteiger partial charge in [0.25, 0.3) is 0 Å². The van der Waals surface area contributed by atoms with E-state index in [1.54, 1.807) is 0 Å². The highest BCUT2D eigenvalue weighted by Gasteiger charge is 2.31. The van der Waals surface area contributed by atoms with Gasteiger partial charge >= 0.3 is 12.1 Å². The number of aliphatic carboxylic acids is 1. The van der Waals surface area contributed by atoms with E-state index in [2.05, 4.69) is 10.6 Å². The Hall–Kier alpha value is -3.39. The van der Waals surface area contributed by atoms with Gasteiger partial charge in [0.2, 0.25) is 5.91 Å². The maximum Gasteiger partial charge on any atom is 0.407 e. The van der Waals surface area contributed by atoms with Crippen molar-refractivity contribution in [2.45, 2.75) is 62.6 Å². The lowest BCUT2D eigenvalue weighted by Gasteiger charge is -2.30. The summed E-state index contributed by atoms with van der Waals surface area (Å²) in [6, 6.07) is 14.5. The first-order valence-corrected chi connectivity index (χ1v) is 11.8. The summed E-state index contributed by atoms with van der Waals surface area (Å²) in [6.07, 6.45) is 1.25. The van der Waals surface area contributed by atoms with Crippen LogP contribution in [0, 0.1) is 0 Å². The standard InChI is InChI=1S/C26H30N2O6/c29-23-12-6-5-11-21(23)27-25(32)22(13-14-24(30)31)28-26(33)34-15-20-18-9-3-1-7-16(18)17-8-2-4-10-19(17)20/h1-4,7-10,20-23,29H,5-6,11-15H2,(H,27,32)(H,28,33)(H,30,31). The molecule has 4 rings (SSSR count). The molecule has 0 aromatic heterocycles. The number of ether oxygens (including phenoxy) is 1. The van der Waals surface area contributed by atoms with E-state index in [1.807, 2.05) is 48.5 Å². The molecule has 0 spiro atoms. The minimum Gasteiger partial charge on any atom is -0.481 e. The summed E-state index contributed by atoms with van der Waals surface area (Å²) in [7, 11) is 0. The molecule has 34 heavy (non-hydrogen) atoms. The third kappa shape index (κ3) is 5.39. The highest BCUT2D eigenvalue weighted by molar-refractivity contribution is 5.86. The van der Waals surface area contributed by atoms with Crippen LogP contribution in [0.3, 0.4) is 0 Å². The molecule has 0 bridgehead atoms. The van der Waals surface area contributed by atoms with Crippen LogP contribution in [0.15, 0.2) is 48.5 Å². The Balaban J connectivity index is 1.40. The molecule has 3 unspecified atom stereocenters. The van der Waals surface area contributed by atoms with Gasteiger partial charge in [0.05, 0.1) is 12.1 Å². The van der Waals surface area contributed by atoms with E-state index in [1.165, 1.54) is 0 Å². The number of nitrogens with one attached hydrogen (secondary N) is 2. The van der Waals surface area contributed by atoms with E-state index < -0.39 is 36.2 Å². The third-order valence-electron chi connectivity index (χ3n) is 6.66. The van der Waals surface area contributed by atoms with E-state index in [9.17, 15) is 19.5 Å². The number of carbonyl (C=O) groups is 3. The number of carbonyl (C=O) groups excluding carboxylic acids is 2. The van der Waals surface area contributed by atoms with Gasteiger partial charge in [-0.2, -0.15) is 0 Å².